The van der Waals surface area contributed by atoms with Crippen molar-refractivity contribution in [3.8, 4) is 11.1 Å². The molecule has 51 heavy (non-hydrogen) atoms. The van der Waals surface area contributed by atoms with Gasteiger partial charge >= 0.3 is 6.18 Å². The van der Waals surface area contributed by atoms with Gasteiger partial charge in [-0.15, -0.1) is 0 Å². The number of carbonyl (C=O) groups excluding carboxylic acids is 3. The van der Waals surface area contributed by atoms with E-state index in [4.69, 9.17) is 5.73 Å². The van der Waals surface area contributed by atoms with Gasteiger partial charge in [0.1, 0.15) is 6.04 Å². The highest BCUT2D eigenvalue weighted by Gasteiger charge is 2.39. The maximum atomic E-state index is 14.7. The van der Waals surface area contributed by atoms with E-state index in [1.54, 1.807) is 4.90 Å². The topological polar surface area (TPSA) is 95.7 Å². The normalized spacial score (nSPS) is 16.0. The summed E-state index contributed by atoms with van der Waals surface area (Å²) >= 11 is 0. The molecule has 4 aromatic rings. The summed E-state index contributed by atoms with van der Waals surface area (Å²) in [6.45, 7) is 6.27. The molecule has 0 radical (unpaired) electrons. The number of halogens is 3. The lowest BCUT2D eigenvalue weighted by atomic mass is 9.81. The van der Waals surface area contributed by atoms with Crippen LogP contribution in [0.1, 0.15) is 57.6 Å². The zero-order chi connectivity index (χ0) is 36.7. The Morgan fingerprint density at radius 3 is 2.16 bits per heavy atom. The molecule has 10 heteroatoms. The van der Waals surface area contributed by atoms with Crippen LogP contribution in [0.2, 0.25) is 0 Å². The van der Waals surface area contributed by atoms with Crippen molar-refractivity contribution in [1.82, 2.24) is 5.32 Å². The quantitative estimate of drug-likeness (QED) is 0.146. The fraction of sp³-hybridized carbons (Fsp3) is 0.341. The molecule has 1 heterocycles. The average molecular weight is 699 g/mol. The Hall–Kier alpha value is -5.12. The van der Waals surface area contributed by atoms with Gasteiger partial charge in [-0.05, 0) is 77.9 Å². The van der Waals surface area contributed by atoms with Crippen molar-refractivity contribution in [1.29, 1.82) is 0 Å². The first-order valence-electron chi connectivity index (χ1n) is 17.5. The molecule has 268 valence electrons. The molecule has 0 spiro atoms. The summed E-state index contributed by atoms with van der Waals surface area (Å²) in [6, 6.07) is 28.5. The Labute approximate surface area is 297 Å². The number of unbranched alkanes of at least 4 members (excludes halogenated alkanes) is 1. The Kier molecular flexibility index (Phi) is 11.8. The summed E-state index contributed by atoms with van der Waals surface area (Å²) in [5.41, 5.74) is 9.44. The number of carbonyl (C=O) groups is 3. The van der Waals surface area contributed by atoms with Gasteiger partial charge in [0.25, 0.3) is 5.91 Å². The molecule has 0 aliphatic carbocycles. The molecule has 0 saturated carbocycles. The molecule has 1 aliphatic heterocycles. The van der Waals surface area contributed by atoms with Crippen molar-refractivity contribution in [2.24, 2.45) is 23.5 Å². The number of hydrogen-bond acceptors (Lipinski definition) is 4. The highest BCUT2D eigenvalue weighted by molar-refractivity contribution is 6.04. The molecule has 0 bridgehead atoms. The number of hydrogen-bond donors (Lipinski definition) is 2. The Bertz CT molecular complexity index is 1810. The predicted molar refractivity (Wildman–Crippen MR) is 195 cm³/mol. The monoisotopic (exact) mass is 698 g/mol. The van der Waals surface area contributed by atoms with Crippen molar-refractivity contribution in [3.05, 3.63) is 114 Å². The standard InChI is InChI=1S/C41H45F3N4O3/c1-4-5-16-33(38(45)49)34(23-27(2)3)39(50)46-35-26-47(32-14-7-6-8-15-32)36-17-9-10-18-37(36)48(40(35)51)25-28-12-11-13-30(24-28)29-19-21-31(22-20-29)41(42,43)44/h6-15,17-22,24,27,33-35H,4-5,16,23,25-26H2,1-3H3,(H2,45,49)(H,46,50)/t33-,34+,35?/m0/s1. The largest absolute Gasteiger partial charge is 0.416 e. The number of anilines is 3. The van der Waals surface area contributed by atoms with Crippen LogP contribution in [0.25, 0.3) is 11.1 Å². The highest BCUT2D eigenvalue weighted by atomic mass is 19.4. The molecular weight excluding hydrogens is 653 g/mol. The number of para-hydroxylation sites is 3. The number of rotatable bonds is 13. The van der Waals surface area contributed by atoms with Gasteiger partial charge in [-0.3, -0.25) is 14.4 Å². The smallest absolute Gasteiger partial charge is 0.369 e. The van der Waals surface area contributed by atoms with E-state index < -0.39 is 35.5 Å². The first-order chi connectivity index (χ1) is 24.4. The van der Waals surface area contributed by atoms with Crippen molar-refractivity contribution >= 4 is 34.8 Å². The molecule has 0 fully saturated rings. The first-order valence-corrected chi connectivity index (χ1v) is 17.5. The summed E-state index contributed by atoms with van der Waals surface area (Å²) in [5.74, 6) is -2.50. The number of alkyl halides is 3. The van der Waals surface area contributed by atoms with Crippen molar-refractivity contribution in [2.75, 3.05) is 16.3 Å². The van der Waals surface area contributed by atoms with E-state index in [1.165, 1.54) is 12.1 Å². The number of primary amides is 1. The number of nitrogens with one attached hydrogen (secondary N) is 1. The minimum Gasteiger partial charge on any atom is -0.369 e. The molecule has 1 aliphatic rings. The average Bonchev–Trinajstić information content (AvgIpc) is 3.22. The SMILES string of the molecule is CCCC[C@H](C(N)=O)[C@@H](CC(C)C)C(=O)NC1CN(c2ccccc2)c2ccccc2N(Cc2cccc(-c3ccc(C(F)(F)F)cc3)c2)C1=O. The number of benzene rings is 4. The molecule has 0 aromatic heterocycles. The van der Waals surface area contributed by atoms with E-state index >= 15 is 0 Å². The van der Waals surface area contributed by atoms with Gasteiger partial charge in [0.15, 0.2) is 0 Å². The van der Waals surface area contributed by atoms with Crippen LogP contribution in [-0.4, -0.2) is 30.3 Å². The Morgan fingerprint density at radius 2 is 1.53 bits per heavy atom. The second-order valence-corrected chi connectivity index (χ2v) is 13.6. The molecular formula is C41H45F3N4O3. The zero-order valence-electron chi connectivity index (χ0n) is 29.2. The number of nitrogens with two attached hydrogens (primary N) is 1. The van der Waals surface area contributed by atoms with Crippen LogP contribution in [-0.2, 0) is 27.1 Å². The lowest BCUT2D eigenvalue weighted by molar-refractivity contribution is -0.137. The second-order valence-electron chi connectivity index (χ2n) is 13.6. The van der Waals surface area contributed by atoms with Crippen LogP contribution in [0.3, 0.4) is 0 Å². The molecule has 3 N–H and O–H groups in total. The molecule has 5 rings (SSSR count). The molecule has 1 unspecified atom stereocenters. The van der Waals surface area contributed by atoms with E-state index in [0.29, 0.717) is 29.7 Å². The lowest BCUT2D eigenvalue weighted by Crippen LogP contribution is -2.54. The number of fused-ring (bicyclic) bond motifs is 1. The van der Waals surface area contributed by atoms with E-state index in [1.807, 2.05) is 105 Å². The third-order valence-corrected chi connectivity index (χ3v) is 9.37. The van der Waals surface area contributed by atoms with Crippen molar-refractivity contribution in [3.63, 3.8) is 0 Å². The molecule has 3 amide bonds. The number of nitrogens with zero attached hydrogens (tertiary/aromatic N) is 2. The van der Waals surface area contributed by atoms with E-state index in [9.17, 15) is 27.6 Å². The first kappa shape index (κ1) is 37.1. The third-order valence-electron chi connectivity index (χ3n) is 9.37. The van der Waals surface area contributed by atoms with Crippen LogP contribution in [0.5, 0.6) is 0 Å². The van der Waals surface area contributed by atoms with Crippen LogP contribution in [0, 0.1) is 17.8 Å². The maximum absolute atomic E-state index is 14.7. The van der Waals surface area contributed by atoms with Crippen LogP contribution >= 0.6 is 0 Å². The summed E-state index contributed by atoms with van der Waals surface area (Å²) in [6.07, 6.45) is -1.93. The zero-order valence-corrected chi connectivity index (χ0v) is 29.2. The van der Waals surface area contributed by atoms with Gasteiger partial charge in [-0.1, -0.05) is 94.3 Å². The van der Waals surface area contributed by atoms with Gasteiger partial charge in [0.2, 0.25) is 11.8 Å². The minimum atomic E-state index is -4.44. The van der Waals surface area contributed by atoms with E-state index in [0.717, 1.165) is 41.9 Å². The van der Waals surface area contributed by atoms with Gasteiger partial charge < -0.3 is 20.9 Å². The highest BCUT2D eigenvalue weighted by Crippen LogP contribution is 2.39. The van der Waals surface area contributed by atoms with Gasteiger partial charge in [-0.25, -0.2) is 0 Å². The fourth-order valence-electron chi connectivity index (χ4n) is 6.80. The fourth-order valence-corrected chi connectivity index (χ4v) is 6.80. The van der Waals surface area contributed by atoms with Gasteiger partial charge in [0.05, 0.1) is 30.0 Å². The lowest BCUT2D eigenvalue weighted by Gasteiger charge is -2.30. The molecule has 3 atom stereocenters. The summed E-state index contributed by atoms with van der Waals surface area (Å²) in [7, 11) is 0. The van der Waals surface area contributed by atoms with Crippen LogP contribution < -0.4 is 20.9 Å². The van der Waals surface area contributed by atoms with E-state index in [2.05, 4.69) is 5.32 Å². The predicted octanol–water partition coefficient (Wildman–Crippen LogP) is 8.50. The number of amides is 3. The third kappa shape index (κ3) is 8.98. The van der Waals surface area contributed by atoms with Crippen molar-refractivity contribution in [2.45, 2.75) is 65.2 Å². The van der Waals surface area contributed by atoms with Crippen molar-refractivity contribution < 1.29 is 27.6 Å². The van der Waals surface area contributed by atoms with Gasteiger partial charge in [-0.2, -0.15) is 13.2 Å². The molecule has 0 saturated heterocycles. The maximum Gasteiger partial charge on any atom is 0.416 e. The summed E-state index contributed by atoms with van der Waals surface area (Å²) in [4.78, 5) is 45.3. The molecule has 4 aromatic carbocycles. The summed E-state index contributed by atoms with van der Waals surface area (Å²) in [5, 5.41) is 3.06. The molecule has 7 nitrogen and oxygen atoms in total. The Morgan fingerprint density at radius 1 is 0.863 bits per heavy atom. The summed E-state index contributed by atoms with van der Waals surface area (Å²) < 4.78 is 39.7. The van der Waals surface area contributed by atoms with E-state index in [-0.39, 0.29) is 30.8 Å². The van der Waals surface area contributed by atoms with Crippen LogP contribution in [0.4, 0.5) is 30.2 Å². The van der Waals surface area contributed by atoms with Gasteiger partial charge in [0, 0.05) is 17.5 Å². The van der Waals surface area contributed by atoms with Crippen LogP contribution in [0.15, 0.2) is 103 Å². The Balaban J connectivity index is 1.53. The minimum absolute atomic E-state index is 0.104. The second kappa shape index (κ2) is 16.3.